The van der Waals surface area contributed by atoms with E-state index in [0.717, 1.165) is 0 Å². The number of aliphatic carboxylic acids is 6. The molecule has 0 aliphatic heterocycles. The molecule has 0 unspecified atom stereocenters. The molecular formula is C36H63F3O18P2. The summed E-state index contributed by atoms with van der Waals surface area (Å²) in [6.45, 7) is 15.1. The molecule has 6 N–H and O–H groups in total. The number of ketones is 2. The van der Waals surface area contributed by atoms with Gasteiger partial charge in [0.15, 0.2) is 0 Å². The Morgan fingerprint density at radius 2 is 0.695 bits per heavy atom. The van der Waals surface area contributed by atoms with Gasteiger partial charge in [0.05, 0.1) is 0 Å². The van der Waals surface area contributed by atoms with Gasteiger partial charge in [-0.25, -0.2) is 4.79 Å². The highest BCUT2D eigenvalue weighted by molar-refractivity contribution is 7.58. The van der Waals surface area contributed by atoms with E-state index < -0.39 is 69.4 Å². The Balaban J connectivity index is -0.000000154. The van der Waals surface area contributed by atoms with Crippen LogP contribution < -0.4 is 0 Å². The molecule has 18 nitrogen and oxygen atoms in total. The summed E-state index contributed by atoms with van der Waals surface area (Å²) in [7, 11) is -1.44. The van der Waals surface area contributed by atoms with E-state index in [0.29, 0.717) is 43.4 Å². The first-order valence-electron chi connectivity index (χ1n) is 17.2. The maximum atomic E-state index is 10.8. The third-order valence-electron chi connectivity index (χ3n) is 5.50. The molecule has 0 aliphatic carbocycles. The van der Waals surface area contributed by atoms with E-state index in [4.69, 9.17) is 44.9 Å². The van der Waals surface area contributed by atoms with Gasteiger partial charge in [-0.2, -0.15) is 13.2 Å². The molecule has 0 atom stereocenters. The fourth-order valence-corrected chi connectivity index (χ4v) is 7.78. The van der Waals surface area contributed by atoms with Gasteiger partial charge in [0.2, 0.25) is 0 Å². The molecule has 0 saturated carbocycles. The molecule has 0 heterocycles. The quantitative estimate of drug-likeness (QED) is 0.0449. The van der Waals surface area contributed by atoms with Gasteiger partial charge in [0.25, 0.3) is 0 Å². The summed E-state index contributed by atoms with van der Waals surface area (Å²) in [6, 6.07) is 0. The molecule has 0 amide bonds. The first-order valence-corrected chi connectivity index (χ1v) is 21.0. The third-order valence-corrected chi connectivity index (χ3v) is 10.6. The van der Waals surface area contributed by atoms with E-state index >= 15 is 0 Å². The molecule has 59 heavy (non-hydrogen) atoms. The van der Waals surface area contributed by atoms with Crippen molar-refractivity contribution in [1.29, 1.82) is 0 Å². The Hall–Kier alpha value is -4.25. The predicted molar refractivity (Wildman–Crippen MR) is 213 cm³/mol. The fourth-order valence-electron chi connectivity index (χ4n) is 3.27. The SMILES string of the molecule is C.CC(=O)CC(=O)OC(C)(C)C.CC(=O)CCP(CCC(=O)O)CCC(=O)O.CC(=O)OC(C)(C)C.O=C(O)C(F)(F)F.O=C(O)CCP(CCC(=O)O)CCC(=O)O. The molecule has 23 heteroatoms. The van der Waals surface area contributed by atoms with Gasteiger partial charge in [-0.05, 0) is 92.4 Å². The van der Waals surface area contributed by atoms with Gasteiger partial charge >= 0.3 is 53.9 Å². The summed E-state index contributed by atoms with van der Waals surface area (Å²) < 4.78 is 41.4. The molecule has 0 aromatic rings. The van der Waals surface area contributed by atoms with Crippen molar-refractivity contribution in [3.8, 4) is 0 Å². The number of esters is 2. The van der Waals surface area contributed by atoms with Crippen molar-refractivity contribution in [2.45, 2.75) is 132 Å². The zero-order valence-electron chi connectivity index (χ0n) is 34.3. The van der Waals surface area contributed by atoms with E-state index in [2.05, 4.69) is 0 Å². The summed E-state index contributed by atoms with van der Waals surface area (Å²) in [4.78, 5) is 103. The van der Waals surface area contributed by atoms with Crippen molar-refractivity contribution >= 4 is 75.2 Å². The van der Waals surface area contributed by atoms with Crippen LogP contribution in [0.4, 0.5) is 13.2 Å². The van der Waals surface area contributed by atoms with Crippen molar-refractivity contribution in [3.63, 3.8) is 0 Å². The number of carbonyl (C=O) groups is 10. The first kappa shape index (κ1) is 66.6. The van der Waals surface area contributed by atoms with Crippen LogP contribution in [0.1, 0.15) is 115 Å². The normalized spacial score (nSPS) is 10.5. The van der Waals surface area contributed by atoms with Crippen LogP contribution in [-0.4, -0.2) is 144 Å². The van der Waals surface area contributed by atoms with Crippen molar-refractivity contribution in [3.05, 3.63) is 0 Å². The lowest BCUT2D eigenvalue weighted by Gasteiger charge is -2.18. The zero-order valence-corrected chi connectivity index (χ0v) is 36.1. The number of Topliss-reactive ketones (excluding diaryl/α,β-unsaturated/α-hetero) is 2. The monoisotopic (exact) mass is 902 g/mol. The Labute approximate surface area is 345 Å². The molecule has 0 fully saturated rings. The Morgan fingerprint density at radius 1 is 0.458 bits per heavy atom. The number of carboxylic acids is 6. The molecule has 0 spiro atoms. The standard InChI is InChI=1S/C10H17O5P.C9H15O6P.C8H14O3.C6H12O2.C2HF3O2.CH4/c1-8(11)2-5-16(6-3-9(12)13)7-4-10(14)15;10-7(11)1-4-16(5-2-8(12)13)6-3-9(14)15;1-6(9)5-7(10)11-8(2,3)4;1-5(7)8-6(2,3)4;3-2(4,5)1(6)7;/h2-7H2,1H3,(H,12,13)(H,14,15);1-6H2,(H,10,11)(H,12,13)(H,14,15);5H2,1-4H3;1-4H3;(H,6,7);1H4. The number of hydrogen-bond donors (Lipinski definition) is 6. The van der Waals surface area contributed by atoms with Gasteiger partial charge < -0.3 is 44.9 Å². The minimum Gasteiger partial charge on any atom is -0.481 e. The topological polar surface area (TPSA) is 311 Å². The first-order chi connectivity index (χ1) is 26.0. The van der Waals surface area contributed by atoms with Crippen molar-refractivity contribution < 1.29 is 101 Å². The summed E-state index contributed by atoms with van der Waals surface area (Å²) >= 11 is 0. The summed E-state index contributed by atoms with van der Waals surface area (Å²) in [6.07, 6.45) is -1.90. The fraction of sp³-hybridized carbons (Fsp3) is 0.722. The number of rotatable bonds is 20. The van der Waals surface area contributed by atoms with E-state index in [1.54, 1.807) is 20.8 Å². The molecule has 0 aromatic heterocycles. The molecule has 0 bridgehead atoms. The molecule has 0 aromatic carbocycles. The maximum absolute atomic E-state index is 10.8. The number of hydrogen-bond acceptors (Lipinski definition) is 12. The number of ether oxygens (including phenoxy) is 2. The summed E-state index contributed by atoms with van der Waals surface area (Å²) in [5, 5.41) is 49.7. The minimum absolute atomic E-state index is 0. The lowest BCUT2D eigenvalue weighted by Crippen LogP contribution is -2.24. The highest BCUT2D eigenvalue weighted by atomic mass is 31.1. The molecule has 0 aliphatic rings. The Bertz CT molecular complexity index is 1180. The van der Waals surface area contributed by atoms with Crippen molar-refractivity contribution in [2.75, 3.05) is 37.0 Å². The minimum atomic E-state index is -5.08. The number of halogens is 3. The summed E-state index contributed by atoms with van der Waals surface area (Å²) in [5.74, 6) is -8.07. The number of carboxylic acid groups (broad SMARTS) is 6. The zero-order chi connectivity index (χ0) is 47.0. The van der Waals surface area contributed by atoms with Gasteiger partial charge in [0, 0.05) is 45.4 Å². The predicted octanol–water partition coefficient (Wildman–Crippen LogP) is 6.21. The van der Waals surface area contributed by atoms with Crippen LogP contribution in [0.5, 0.6) is 0 Å². The van der Waals surface area contributed by atoms with Crippen LogP contribution >= 0.6 is 15.8 Å². The van der Waals surface area contributed by atoms with Crippen molar-refractivity contribution in [1.82, 2.24) is 0 Å². The van der Waals surface area contributed by atoms with E-state index in [-0.39, 0.29) is 69.1 Å². The lowest BCUT2D eigenvalue weighted by molar-refractivity contribution is -0.192. The van der Waals surface area contributed by atoms with Gasteiger partial charge in [-0.15, -0.1) is 15.8 Å². The number of carbonyl (C=O) groups excluding carboxylic acids is 4. The van der Waals surface area contributed by atoms with E-state index in [1.165, 1.54) is 20.8 Å². The van der Waals surface area contributed by atoms with Crippen LogP contribution in [-0.2, 0) is 57.4 Å². The highest BCUT2D eigenvalue weighted by Crippen LogP contribution is 2.38. The largest absolute Gasteiger partial charge is 0.490 e. The van der Waals surface area contributed by atoms with Gasteiger partial charge in [-0.1, -0.05) is 7.43 Å². The molecule has 346 valence electrons. The van der Waals surface area contributed by atoms with E-state index in [9.17, 15) is 56.3 Å². The second-order valence-corrected chi connectivity index (χ2v) is 19.2. The third kappa shape index (κ3) is 68.8. The lowest BCUT2D eigenvalue weighted by atomic mass is 10.2. The van der Waals surface area contributed by atoms with Gasteiger partial charge in [0.1, 0.15) is 29.2 Å². The average molecular weight is 903 g/mol. The van der Waals surface area contributed by atoms with Crippen LogP contribution in [0, 0.1) is 0 Å². The second kappa shape index (κ2) is 35.7. The van der Waals surface area contributed by atoms with E-state index in [1.807, 2.05) is 20.8 Å². The Kier molecular flexibility index (Phi) is 40.2. The Morgan fingerprint density at radius 3 is 0.831 bits per heavy atom. The van der Waals surface area contributed by atoms with Gasteiger partial charge in [-0.3, -0.25) is 38.4 Å². The molecule has 0 radical (unpaired) electrons. The van der Waals surface area contributed by atoms with Crippen LogP contribution in [0.3, 0.4) is 0 Å². The molecule has 0 saturated heterocycles. The van der Waals surface area contributed by atoms with Crippen LogP contribution in [0.2, 0.25) is 0 Å². The molecule has 0 rings (SSSR count). The average Bonchev–Trinajstić information content (AvgIpc) is 2.97. The highest BCUT2D eigenvalue weighted by Gasteiger charge is 2.38. The maximum Gasteiger partial charge on any atom is 0.490 e. The molecular weight excluding hydrogens is 839 g/mol. The second-order valence-electron chi connectivity index (χ2n) is 13.8. The summed E-state index contributed by atoms with van der Waals surface area (Å²) in [5.41, 5.74) is -0.821. The van der Waals surface area contributed by atoms with Crippen molar-refractivity contribution in [2.24, 2.45) is 0 Å². The smallest absolute Gasteiger partial charge is 0.481 e. The number of alkyl halides is 3. The van der Waals surface area contributed by atoms with Crippen LogP contribution in [0.25, 0.3) is 0 Å². The van der Waals surface area contributed by atoms with Crippen LogP contribution in [0.15, 0.2) is 0 Å².